The van der Waals surface area contributed by atoms with Crippen LogP contribution in [-0.4, -0.2) is 48.3 Å². The van der Waals surface area contributed by atoms with Crippen molar-refractivity contribution in [2.75, 3.05) is 26.2 Å². The van der Waals surface area contributed by atoms with Gasteiger partial charge in [-0.2, -0.15) is 0 Å². The summed E-state index contributed by atoms with van der Waals surface area (Å²) >= 11 is 0. The van der Waals surface area contributed by atoms with Gasteiger partial charge in [-0.05, 0) is 31.2 Å². The Bertz CT molecular complexity index is 499. The molecule has 0 aliphatic carbocycles. The number of piperidine rings is 1. The van der Waals surface area contributed by atoms with E-state index in [9.17, 15) is 4.79 Å². The number of likely N-dealkylation sites (tertiary alicyclic amines) is 1. The van der Waals surface area contributed by atoms with Crippen LogP contribution in [0.25, 0.3) is 0 Å². The van der Waals surface area contributed by atoms with E-state index in [2.05, 4.69) is 22.1 Å². The molecule has 0 spiro atoms. The first kappa shape index (κ1) is 18.5. The summed E-state index contributed by atoms with van der Waals surface area (Å²) in [6.45, 7) is 6.79. The number of aliphatic hydroxyl groups excluding tert-OH is 1. The molecule has 1 fully saturated rings. The zero-order valence-electron chi connectivity index (χ0n) is 14.3. The van der Waals surface area contributed by atoms with Crippen molar-refractivity contribution in [2.24, 2.45) is 0 Å². The van der Waals surface area contributed by atoms with Crippen LogP contribution in [0.1, 0.15) is 37.3 Å². The number of nitrogens with zero attached hydrogens (tertiary/aromatic N) is 1. The molecule has 1 aliphatic heterocycles. The largest absolute Gasteiger partial charge is 0.396 e. The average Bonchev–Trinajstić information content (AvgIpc) is 2.61. The number of urea groups is 1. The van der Waals surface area contributed by atoms with Crippen LogP contribution in [0.4, 0.5) is 4.79 Å². The maximum absolute atomic E-state index is 12.4. The summed E-state index contributed by atoms with van der Waals surface area (Å²) in [6.07, 6.45) is 5.25. The first-order chi connectivity index (χ1) is 11.7. The van der Waals surface area contributed by atoms with Crippen molar-refractivity contribution in [1.82, 2.24) is 15.5 Å². The van der Waals surface area contributed by atoms with E-state index in [0.717, 1.165) is 44.5 Å². The van der Waals surface area contributed by atoms with Gasteiger partial charge in [0.2, 0.25) is 0 Å². The molecule has 2 rings (SSSR count). The van der Waals surface area contributed by atoms with Crippen molar-refractivity contribution in [3.8, 4) is 0 Å². The number of hydrogen-bond donors (Lipinski definition) is 3. The Balaban J connectivity index is 1.83. The van der Waals surface area contributed by atoms with Crippen LogP contribution >= 0.6 is 0 Å². The van der Waals surface area contributed by atoms with Gasteiger partial charge >= 0.3 is 6.03 Å². The smallest absolute Gasteiger partial charge is 0.315 e. The van der Waals surface area contributed by atoms with Crippen LogP contribution < -0.4 is 10.6 Å². The van der Waals surface area contributed by atoms with Gasteiger partial charge in [0.05, 0.1) is 6.04 Å². The van der Waals surface area contributed by atoms with Gasteiger partial charge in [-0.25, -0.2) is 4.79 Å². The summed E-state index contributed by atoms with van der Waals surface area (Å²) < 4.78 is 0. The van der Waals surface area contributed by atoms with Crippen molar-refractivity contribution in [1.29, 1.82) is 0 Å². The highest BCUT2D eigenvalue weighted by Gasteiger charge is 2.21. The number of aliphatic hydroxyl groups is 1. The molecule has 5 heteroatoms. The summed E-state index contributed by atoms with van der Waals surface area (Å²) in [5.41, 5.74) is 1.07. The van der Waals surface area contributed by atoms with E-state index in [1.54, 1.807) is 0 Å². The fraction of sp³-hybridized carbons (Fsp3) is 0.526. The highest BCUT2D eigenvalue weighted by molar-refractivity contribution is 5.74. The molecule has 2 amide bonds. The van der Waals surface area contributed by atoms with Gasteiger partial charge in [0.25, 0.3) is 0 Å². The van der Waals surface area contributed by atoms with E-state index in [-0.39, 0.29) is 24.7 Å². The second-order valence-electron chi connectivity index (χ2n) is 6.31. The maximum atomic E-state index is 12.4. The molecule has 1 aromatic carbocycles. The third-order valence-corrected chi connectivity index (χ3v) is 4.47. The zero-order valence-corrected chi connectivity index (χ0v) is 14.3. The topological polar surface area (TPSA) is 64.6 Å². The number of nitrogens with one attached hydrogen (secondary N) is 2. The highest BCUT2D eigenvalue weighted by Crippen LogP contribution is 2.18. The number of carbonyl (C=O) groups is 1. The predicted molar refractivity (Wildman–Crippen MR) is 96.8 cm³/mol. The third kappa shape index (κ3) is 5.98. The molecule has 0 bridgehead atoms. The lowest BCUT2D eigenvalue weighted by atomic mass is 10.0. The van der Waals surface area contributed by atoms with Crippen molar-refractivity contribution in [3.63, 3.8) is 0 Å². The lowest BCUT2D eigenvalue weighted by molar-refractivity contribution is 0.201. The quantitative estimate of drug-likeness (QED) is 0.641. The van der Waals surface area contributed by atoms with E-state index in [1.807, 2.05) is 36.4 Å². The number of hydrogen-bond acceptors (Lipinski definition) is 3. The molecule has 1 aromatic rings. The first-order valence-corrected chi connectivity index (χ1v) is 8.79. The second-order valence-corrected chi connectivity index (χ2v) is 6.31. The van der Waals surface area contributed by atoms with Crippen molar-refractivity contribution in [2.45, 2.75) is 37.8 Å². The van der Waals surface area contributed by atoms with E-state index in [1.165, 1.54) is 0 Å². The van der Waals surface area contributed by atoms with Crippen LogP contribution in [-0.2, 0) is 0 Å². The fourth-order valence-corrected chi connectivity index (χ4v) is 3.13. The molecular weight excluding hydrogens is 302 g/mol. The van der Waals surface area contributed by atoms with Crippen molar-refractivity contribution >= 4 is 6.03 Å². The van der Waals surface area contributed by atoms with Gasteiger partial charge < -0.3 is 15.7 Å². The van der Waals surface area contributed by atoms with Crippen LogP contribution in [0, 0.1) is 0 Å². The standard InChI is InChI=1S/C19H29N3O2/c1-2-12-22-13-10-17(11-14-22)20-19(24)21-18(9-6-15-23)16-7-4-3-5-8-16/h2-5,7-8,17-18,23H,1,6,9-15H2,(H2,20,21,24). The molecule has 1 heterocycles. The summed E-state index contributed by atoms with van der Waals surface area (Å²) in [6, 6.07) is 9.95. The molecule has 1 aliphatic rings. The third-order valence-electron chi connectivity index (χ3n) is 4.47. The van der Waals surface area contributed by atoms with Gasteiger partial charge in [-0.1, -0.05) is 36.4 Å². The summed E-state index contributed by atoms with van der Waals surface area (Å²) in [4.78, 5) is 14.7. The molecule has 1 atom stereocenters. The lowest BCUT2D eigenvalue weighted by Gasteiger charge is -2.32. The number of benzene rings is 1. The zero-order chi connectivity index (χ0) is 17.2. The normalized spacial score (nSPS) is 17.2. The molecule has 3 N–H and O–H groups in total. The Kier molecular flexibility index (Phi) is 7.79. The summed E-state index contributed by atoms with van der Waals surface area (Å²) in [5.74, 6) is 0. The van der Waals surface area contributed by atoms with E-state index in [4.69, 9.17) is 5.11 Å². The number of amides is 2. The number of rotatable bonds is 8. The van der Waals surface area contributed by atoms with Crippen molar-refractivity contribution < 1.29 is 9.90 Å². The van der Waals surface area contributed by atoms with Crippen LogP contribution in [0.2, 0.25) is 0 Å². The molecule has 1 saturated heterocycles. The van der Waals surface area contributed by atoms with Gasteiger partial charge in [0.15, 0.2) is 0 Å². The lowest BCUT2D eigenvalue weighted by Crippen LogP contribution is -2.48. The molecule has 0 aromatic heterocycles. The molecule has 0 radical (unpaired) electrons. The Morgan fingerprint density at radius 2 is 2.04 bits per heavy atom. The Labute approximate surface area is 144 Å². The Morgan fingerprint density at radius 1 is 1.33 bits per heavy atom. The van der Waals surface area contributed by atoms with E-state index >= 15 is 0 Å². The van der Waals surface area contributed by atoms with E-state index < -0.39 is 0 Å². The molecule has 1 unspecified atom stereocenters. The highest BCUT2D eigenvalue weighted by atomic mass is 16.3. The fourth-order valence-electron chi connectivity index (χ4n) is 3.13. The van der Waals surface area contributed by atoms with Gasteiger partial charge in [-0.15, -0.1) is 6.58 Å². The maximum Gasteiger partial charge on any atom is 0.315 e. The Morgan fingerprint density at radius 3 is 2.67 bits per heavy atom. The molecule has 0 saturated carbocycles. The van der Waals surface area contributed by atoms with Crippen LogP contribution in [0.15, 0.2) is 43.0 Å². The average molecular weight is 331 g/mol. The minimum Gasteiger partial charge on any atom is -0.396 e. The molecule has 24 heavy (non-hydrogen) atoms. The van der Waals surface area contributed by atoms with Gasteiger partial charge in [0.1, 0.15) is 0 Å². The van der Waals surface area contributed by atoms with Gasteiger partial charge in [0, 0.05) is 32.3 Å². The minimum atomic E-state index is -0.121. The Hall–Kier alpha value is -1.85. The minimum absolute atomic E-state index is 0.0702. The van der Waals surface area contributed by atoms with Gasteiger partial charge in [-0.3, -0.25) is 4.90 Å². The summed E-state index contributed by atoms with van der Waals surface area (Å²) in [7, 11) is 0. The monoisotopic (exact) mass is 331 g/mol. The molecular formula is C19H29N3O2. The van der Waals surface area contributed by atoms with Crippen LogP contribution in [0.3, 0.4) is 0 Å². The second kappa shape index (κ2) is 10.1. The summed E-state index contributed by atoms with van der Waals surface area (Å²) in [5, 5.41) is 15.2. The number of carbonyl (C=O) groups excluding carboxylic acids is 1. The van der Waals surface area contributed by atoms with Crippen molar-refractivity contribution in [3.05, 3.63) is 48.6 Å². The molecule has 132 valence electrons. The van der Waals surface area contributed by atoms with Crippen LogP contribution in [0.5, 0.6) is 0 Å². The van der Waals surface area contributed by atoms with E-state index in [0.29, 0.717) is 6.42 Å². The first-order valence-electron chi connectivity index (χ1n) is 8.79. The SMILES string of the molecule is C=CCN1CCC(NC(=O)NC(CCCO)c2ccccc2)CC1. The predicted octanol–water partition coefficient (Wildman–Crippen LogP) is 2.45. The molecule has 5 nitrogen and oxygen atoms in total.